The maximum atomic E-state index is 14.2. The molecule has 174 valence electrons. The fourth-order valence-electron chi connectivity index (χ4n) is 3.57. The Labute approximate surface area is 193 Å². The van der Waals surface area contributed by atoms with Gasteiger partial charge in [0.05, 0.1) is 12.3 Å². The van der Waals surface area contributed by atoms with Crippen molar-refractivity contribution in [2.24, 2.45) is 0 Å². The number of nitrogens with zero attached hydrogens (tertiary/aromatic N) is 1. The number of pyridine rings is 1. The van der Waals surface area contributed by atoms with Crippen molar-refractivity contribution in [2.45, 2.75) is 33.3 Å². The third kappa shape index (κ3) is 6.76. The van der Waals surface area contributed by atoms with Crippen LogP contribution in [0.1, 0.15) is 28.7 Å². The zero-order chi connectivity index (χ0) is 23.8. The third-order valence-electron chi connectivity index (χ3n) is 5.15. The quantitative estimate of drug-likeness (QED) is 0.406. The average Bonchev–Trinajstić information content (AvgIpc) is 2.77. The molecular formula is C26H28FNO5. The van der Waals surface area contributed by atoms with Crippen LogP contribution in [0.25, 0.3) is 11.3 Å². The fourth-order valence-corrected chi connectivity index (χ4v) is 3.57. The second-order valence-electron chi connectivity index (χ2n) is 7.74. The Morgan fingerprint density at radius 3 is 2.45 bits per heavy atom. The molecule has 0 saturated carbocycles. The Balaban J connectivity index is 1.70. The van der Waals surface area contributed by atoms with E-state index in [0.717, 1.165) is 28.1 Å². The summed E-state index contributed by atoms with van der Waals surface area (Å²) >= 11 is 0. The maximum Gasteiger partial charge on any atom is 0.303 e. The van der Waals surface area contributed by atoms with Crippen LogP contribution >= 0.6 is 0 Å². The summed E-state index contributed by atoms with van der Waals surface area (Å²) in [6.45, 7) is 5.18. The van der Waals surface area contributed by atoms with Crippen molar-refractivity contribution in [3.05, 3.63) is 76.6 Å². The number of rotatable bonds is 11. The van der Waals surface area contributed by atoms with Gasteiger partial charge in [0.25, 0.3) is 0 Å². The normalized spacial score (nSPS) is 10.8. The largest absolute Gasteiger partial charge is 0.491 e. The van der Waals surface area contributed by atoms with E-state index in [2.05, 4.69) is 4.98 Å². The fraction of sp³-hybridized carbons (Fsp3) is 0.308. The summed E-state index contributed by atoms with van der Waals surface area (Å²) < 4.78 is 30.8. The van der Waals surface area contributed by atoms with Gasteiger partial charge < -0.3 is 19.3 Å². The minimum atomic E-state index is -0.952. The molecule has 6 nitrogen and oxygen atoms in total. The molecule has 0 fully saturated rings. The molecule has 0 amide bonds. The van der Waals surface area contributed by atoms with Gasteiger partial charge in [-0.15, -0.1) is 0 Å². The maximum absolute atomic E-state index is 14.2. The van der Waals surface area contributed by atoms with Crippen LogP contribution in [0.4, 0.5) is 4.39 Å². The third-order valence-corrected chi connectivity index (χ3v) is 5.15. The van der Waals surface area contributed by atoms with Crippen molar-refractivity contribution >= 4 is 5.97 Å². The smallest absolute Gasteiger partial charge is 0.303 e. The number of aliphatic carboxylic acids is 1. The minimum absolute atomic E-state index is 0.109. The summed E-state index contributed by atoms with van der Waals surface area (Å²) in [5.41, 5.74) is 4.87. The molecule has 33 heavy (non-hydrogen) atoms. The van der Waals surface area contributed by atoms with Gasteiger partial charge >= 0.3 is 5.97 Å². The van der Waals surface area contributed by atoms with Crippen molar-refractivity contribution in [1.29, 1.82) is 0 Å². The van der Waals surface area contributed by atoms with Gasteiger partial charge in [-0.2, -0.15) is 0 Å². The molecular weight excluding hydrogens is 425 g/mol. The number of benzene rings is 2. The second-order valence-corrected chi connectivity index (χ2v) is 7.74. The van der Waals surface area contributed by atoms with E-state index in [1.54, 1.807) is 25.3 Å². The lowest BCUT2D eigenvalue weighted by Gasteiger charge is -2.14. The molecule has 3 aromatic rings. The van der Waals surface area contributed by atoms with E-state index in [1.165, 1.54) is 6.07 Å². The van der Waals surface area contributed by atoms with E-state index in [-0.39, 0.29) is 19.4 Å². The van der Waals surface area contributed by atoms with E-state index in [0.29, 0.717) is 30.2 Å². The molecule has 0 unspecified atom stereocenters. The van der Waals surface area contributed by atoms with Gasteiger partial charge in [-0.3, -0.25) is 4.79 Å². The summed E-state index contributed by atoms with van der Waals surface area (Å²) in [5.74, 6) is -0.168. The number of aromatic nitrogens is 1. The van der Waals surface area contributed by atoms with E-state index >= 15 is 0 Å². The van der Waals surface area contributed by atoms with Crippen molar-refractivity contribution in [3.8, 4) is 22.9 Å². The van der Waals surface area contributed by atoms with E-state index in [1.807, 2.05) is 38.1 Å². The molecule has 0 saturated heterocycles. The Bertz CT molecular complexity index is 1090. The molecule has 1 aromatic heterocycles. The number of methoxy groups -OCH3 is 1. The number of hydrogen-bond acceptors (Lipinski definition) is 5. The average molecular weight is 454 g/mol. The Morgan fingerprint density at radius 1 is 1.03 bits per heavy atom. The van der Waals surface area contributed by atoms with Crippen LogP contribution in [0.3, 0.4) is 0 Å². The Hall–Kier alpha value is -3.45. The molecule has 1 heterocycles. The Morgan fingerprint density at radius 2 is 1.79 bits per heavy atom. The van der Waals surface area contributed by atoms with Crippen molar-refractivity contribution in [1.82, 2.24) is 4.98 Å². The first-order valence-electron chi connectivity index (χ1n) is 10.7. The zero-order valence-electron chi connectivity index (χ0n) is 19.1. The molecule has 0 aliphatic carbocycles. The van der Waals surface area contributed by atoms with E-state index in [4.69, 9.17) is 19.3 Å². The van der Waals surface area contributed by atoms with Gasteiger partial charge in [-0.25, -0.2) is 9.37 Å². The summed E-state index contributed by atoms with van der Waals surface area (Å²) in [6.07, 6.45) is 0.0450. The van der Waals surface area contributed by atoms with Crippen molar-refractivity contribution in [3.63, 3.8) is 0 Å². The molecule has 1 N–H and O–H groups in total. The second kappa shape index (κ2) is 11.4. The van der Waals surface area contributed by atoms with Gasteiger partial charge in [-0.05, 0) is 66.8 Å². The molecule has 2 aromatic carbocycles. The number of halogens is 1. The first-order valence-corrected chi connectivity index (χ1v) is 10.7. The van der Waals surface area contributed by atoms with Gasteiger partial charge in [0.1, 0.15) is 24.8 Å². The first-order chi connectivity index (χ1) is 15.9. The lowest BCUT2D eigenvalue weighted by Crippen LogP contribution is -2.05. The minimum Gasteiger partial charge on any atom is -0.491 e. The SMILES string of the molecule is COCCOc1cc(C)c(-c2cccc(OCc3ccc(CCC(=O)O)c(F)c3)n2)c(C)c1. The number of carboxylic acid groups (broad SMARTS) is 1. The van der Waals surface area contributed by atoms with Crippen LogP contribution in [-0.4, -0.2) is 36.4 Å². The number of carboxylic acids is 1. The Kier molecular flexibility index (Phi) is 8.38. The monoisotopic (exact) mass is 453 g/mol. The van der Waals surface area contributed by atoms with Crippen LogP contribution < -0.4 is 9.47 Å². The highest BCUT2D eigenvalue weighted by atomic mass is 19.1. The van der Waals surface area contributed by atoms with E-state index < -0.39 is 11.8 Å². The molecule has 0 atom stereocenters. The topological polar surface area (TPSA) is 77.9 Å². The highest BCUT2D eigenvalue weighted by Gasteiger charge is 2.12. The van der Waals surface area contributed by atoms with Crippen molar-refractivity contribution < 1.29 is 28.5 Å². The zero-order valence-corrected chi connectivity index (χ0v) is 19.1. The predicted octanol–water partition coefficient (Wildman–Crippen LogP) is 5.13. The van der Waals surface area contributed by atoms with Crippen LogP contribution in [0.2, 0.25) is 0 Å². The van der Waals surface area contributed by atoms with Gasteiger partial charge in [0.2, 0.25) is 5.88 Å². The van der Waals surface area contributed by atoms with Crippen LogP contribution in [0, 0.1) is 19.7 Å². The number of aryl methyl sites for hydroxylation is 3. The predicted molar refractivity (Wildman–Crippen MR) is 123 cm³/mol. The van der Waals surface area contributed by atoms with Gasteiger partial charge in [0, 0.05) is 25.2 Å². The summed E-state index contributed by atoms with van der Waals surface area (Å²) in [5, 5.41) is 8.77. The molecule has 7 heteroatoms. The number of carbonyl (C=O) groups is 1. The van der Waals surface area contributed by atoms with Gasteiger partial charge in [0.15, 0.2) is 0 Å². The highest BCUT2D eigenvalue weighted by Crippen LogP contribution is 2.31. The number of hydrogen-bond donors (Lipinski definition) is 1. The molecule has 0 radical (unpaired) electrons. The van der Waals surface area contributed by atoms with Crippen LogP contribution in [0.15, 0.2) is 48.5 Å². The summed E-state index contributed by atoms with van der Waals surface area (Å²) in [4.78, 5) is 15.3. The standard InChI is InChI=1S/C26H28FNO5/c1-17-13-21(32-12-11-31-3)14-18(2)26(17)23-5-4-6-24(28-23)33-16-19-7-8-20(22(27)15-19)9-10-25(29)30/h4-8,13-15H,9-12,16H2,1-3H3,(H,29,30). The lowest BCUT2D eigenvalue weighted by molar-refractivity contribution is -0.136. The molecule has 3 rings (SSSR count). The van der Waals surface area contributed by atoms with E-state index in [9.17, 15) is 9.18 Å². The molecule has 0 bridgehead atoms. The lowest BCUT2D eigenvalue weighted by atomic mass is 9.99. The molecule has 0 spiro atoms. The van der Waals surface area contributed by atoms with Crippen LogP contribution in [-0.2, 0) is 22.6 Å². The summed E-state index contributed by atoms with van der Waals surface area (Å²) in [7, 11) is 1.64. The van der Waals surface area contributed by atoms with Gasteiger partial charge in [-0.1, -0.05) is 18.2 Å². The highest BCUT2D eigenvalue weighted by molar-refractivity contribution is 5.69. The van der Waals surface area contributed by atoms with Crippen molar-refractivity contribution in [2.75, 3.05) is 20.3 Å². The van der Waals surface area contributed by atoms with Crippen LogP contribution in [0.5, 0.6) is 11.6 Å². The summed E-state index contributed by atoms with van der Waals surface area (Å²) in [6, 6.07) is 14.2. The number of ether oxygens (including phenoxy) is 3. The molecule has 0 aliphatic rings. The first kappa shape index (κ1) is 24.2. The molecule has 0 aliphatic heterocycles.